The van der Waals surface area contributed by atoms with Crippen molar-refractivity contribution >= 4 is 29.3 Å². The molecule has 0 amide bonds. The molecule has 0 saturated heterocycles. The Morgan fingerprint density at radius 1 is 1.54 bits per heavy atom. The zero-order valence-electron chi connectivity index (χ0n) is 7.79. The van der Waals surface area contributed by atoms with Gasteiger partial charge < -0.3 is 4.74 Å². The van der Waals surface area contributed by atoms with Gasteiger partial charge in [0.05, 0.1) is 0 Å². The smallest absolute Gasteiger partial charge is 0.212 e. The molecule has 1 rings (SSSR count). The molecule has 0 spiro atoms. The zero-order valence-corrected chi connectivity index (χ0v) is 9.95. The largest absolute Gasteiger partial charge is 0.474 e. The van der Waals surface area contributed by atoms with Crippen molar-refractivity contribution in [2.24, 2.45) is 4.99 Å². The van der Waals surface area contributed by atoms with Crippen LogP contribution in [0.3, 0.4) is 0 Å². The van der Waals surface area contributed by atoms with Gasteiger partial charge in [0.2, 0.25) is 5.88 Å². The average Bonchev–Trinajstić information content (AvgIpc) is 2.01. The van der Waals surface area contributed by atoms with Gasteiger partial charge in [0, 0.05) is 6.08 Å². The third-order valence-corrected chi connectivity index (χ3v) is 2.31. The van der Waals surface area contributed by atoms with Crippen LogP contribution in [0.2, 0.25) is 0 Å². The lowest BCUT2D eigenvalue weighted by Gasteiger charge is -2.25. The summed E-state index contributed by atoms with van der Waals surface area (Å²) < 4.78 is 6.77. The van der Waals surface area contributed by atoms with Crippen molar-refractivity contribution in [2.45, 2.75) is 32.3 Å². The molecule has 0 unspecified atom stereocenters. The van der Waals surface area contributed by atoms with Gasteiger partial charge in [-0.05, 0) is 65.2 Å². The van der Waals surface area contributed by atoms with Crippen LogP contribution in [0.1, 0.15) is 26.2 Å². The third-order valence-electron chi connectivity index (χ3n) is 1.95. The Kier molecular flexibility index (Phi) is 4.48. The van der Waals surface area contributed by atoms with Crippen molar-refractivity contribution in [3.63, 3.8) is 0 Å². The van der Waals surface area contributed by atoms with Crippen LogP contribution in [0, 0.1) is 0 Å². The number of nitrogens with zero attached hydrogens (tertiary/aromatic N) is 1. The number of rotatable bonds is 4. The van der Waals surface area contributed by atoms with Crippen molar-refractivity contribution in [2.75, 3.05) is 0 Å². The molecule has 0 radical (unpaired) electrons. The first-order chi connectivity index (χ1) is 6.22. The van der Waals surface area contributed by atoms with Crippen LogP contribution in [0.15, 0.2) is 26.6 Å². The minimum absolute atomic E-state index is 0.375. The van der Waals surface area contributed by atoms with Gasteiger partial charge in [-0.15, -0.1) is 0 Å². The van der Waals surface area contributed by atoms with Gasteiger partial charge in [-0.3, -0.25) is 0 Å². The van der Waals surface area contributed by atoms with Crippen LogP contribution in [0.5, 0.6) is 0 Å². The zero-order chi connectivity index (χ0) is 9.68. The SMILES string of the molecule is C=N/C(=C\C=C(/C)I)OC1CCC1. The van der Waals surface area contributed by atoms with Gasteiger partial charge in [0.1, 0.15) is 6.10 Å². The van der Waals surface area contributed by atoms with Gasteiger partial charge in [0.25, 0.3) is 0 Å². The normalized spacial score (nSPS) is 19.5. The standard InChI is InChI=1S/C10H14INO/c1-8(11)6-7-10(12-2)13-9-4-3-5-9/h6-7,9H,2-5H2,1H3/b8-6+,10-7+. The predicted molar refractivity (Wildman–Crippen MR) is 64.1 cm³/mol. The molecule has 1 aliphatic rings. The van der Waals surface area contributed by atoms with E-state index in [1.54, 1.807) is 0 Å². The molecule has 1 fully saturated rings. The Morgan fingerprint density at radius 3 is 2.62 bits per heavy atom. The summed E-state index contributed by atoms with van der Waals surface area (Å²) in [5.41, 5.74) is 0. The Hall–Kier alpha value is -0.320. The summed E-state index contributed by atoms with van der Waals surface area (Å²) in [5, 5.41) is 0. The van der Waals surface area contributed by atoms with E-state index in [9.17, 15) is 0 Å². The van der Waals surface area contributed by atoms with E-state index in [4.69, 9.17) is 4.74 Å². The third kappa shape index (κ3) is 3.93. The van der Waals surface area contributed by atoms with Gasteiger partial charge in [-0.2, -0.15) is 0 Å². The highest BCUT2D eigenvalue weighted by Crippen LogP contribution is 2.24. The van der Waals surface area contributed by atoms with Crippen LogP contribution < -0.4 is 0 Å². The van der Waals surface area contributed by atoms with Crippen LogP contribution in [0.4, 0.5) is 0 Å². The maximum absolute atomic E-state index is 5.57. The summed E-state index contributed by atoms with van der Waals surface area (Å²) in [6.07, 6.45) is 7.80. The van der Waals surface area contributed by atoms with Crippen LogP contribution in [0.25, 0.3) is 0 Å². The molecule has 0 aromatic rings. The minimum Gasteiger partial charge on any atom is -0.474 e. The Morgan fingerprint density at radius 2 is 2.23 bits per heavy atom. The second-order valence-electron chi connectivity index (χ2n) is 3.09. The van der Waals surface area contributed by atoms with Crippen molar-refractivity contribution in [1.29, 1.82) is 0 Å². The summed E-state index contributed by atoms with van der Waals surface area (Å²) in [6, 6.07) is 0. The van der Waals surface area contributed by atoms with E-state index in [1.165, 1.54) is 10.0 Å². The second kappa shape index (κ2) is 5.42. The lowest BCUT2D eigenvalue weighted by Crippen LogP contribution is -2.20. The monoisotopic (exact) mass is 291 g/mol. The summed E-state index contributed by atoms with van der Waals surface area (Å²) >= 11 is 2.25. The Bertz CT molecular complexity index is 237. The van der Waals surface area contributed by atoms with E-state index in [0.717, 1.165) is 12.8 Å². The van der Waals surface area contributed by atoms with Crippen LogP contribution in [-0.4, -0.2) is 12.8 Å². The molecule has 0 atom stereocenters. The highest BCUT2D eigenvalue weighted by molar-refractivity contribution is 14.1. The summed E-state index contributed by atoms with van der Waals surface area (Å²) in [5.74, 6) is 0.640. The Labute approximate surface area is 92.9 Å². The fourth-order valence-electron chi connectivity index (χ4n) is 0.975. The lowest BCUT2D eigenvalue weighted by atomic mass is 9.96. The molecular formula is C10H14INO. The number of allylic oxidation sites excluding steroid dienone is 3. The molecule has 3 heteroatoms. The van der Waals surface area contributed by atoms with Crippen LogP contribution >= 0.6 is 22.6 Å². The molecule has 0 aromatic heterocycles. The number of hydrogen-bond acceptors (Lipinski definition) is 2. The minimum atomic E-state index is 0.375. The molecular weight excluding hydrogens is 277 g/mol. The van der Waals surface area contributed by atoms with E-state index >= 15 is 0 Å². The quantitative estimate of drug-likeness (QED) is 0.336. The lowest BCUT2D eigenvalue weighted by molar-refractivity contribution is 0.0516. The highest BCUT2D eigenvalue weighted by atomic mass is 127. The van der Waals surface area contributed by atoms with Crippen molar-refractivity contribution in [3.8, 4) is 0 Å². The first-order valence-electron chi connectivity index (χ1n) is 4.40. The molecule has 1 aliphatic carbocycles. The molecule has 0 N–H and O–H groups in total. The number of aliphatic imine (C=N–C) groups is 1. The fourth-order valence-corrected chi connectivity index (χ4v) is 1.15. The van der Waals surface area contributed by atoms with E-state index in [0.29, 0.717) is 12.0 Å². The summed E-state index contributed by atoms with van der Waals surface area (Å²) in [7, 11) is 0. The maximum Gasteiger partial charge on any atom is 0.212 e. The first kappa shape index (κ1) is 10.8. The first-order valence-corrected chi connectivity index (χ1v) is 5.47. The molecule has 1 saturated carbocycles. The number of hydrogen-bond donors (Lipinski definition) is 0. The topological polar surface area (TPSA) is 21.6 Å². The average molecular weight is 291 g/mol. The van der Waals surface area contributed by atoms with Gasteiger partial charge in [0.15, 0.2) is 0 Å². The number of halogens is 1. The maximum atomic E-state index is 5.57. The number of ether oxygens (including phenoxy) is 1. The molecule has 0 aromatic carbocycles. The fraction of sp³-hybridized carbons (Fsp3) is 0.500. The van der Waals surface area contributed by atoms with E-state index in [1.807, 2.05) is 19.1 Å². The predicted octanol–water partition coefficient (Wildman–Crippen LogP) is 3.44. The molecule has 0 aliphatic heterocycles. The summed E-state index contributed by atoms with van der Waals surface area (Å²) in [4.78, 5) is 3.82. The molecule has 0 bridgehead atoms. The molecule has 0 heterocycles. The molecule has 2 nitrogen and oxygen atoms in total. The van der Waals surface area contributed by atoms with Gasteiger partial charge >= 0.3 is 0 Å². The van der Waals surface area contributed by atoms with Gasteiger partial charge in [-0.1, -0.05) is 0 Å². The van der Waals surface area contributed by atoms with Crippen molar-refractivity contribution < 1.29 is 4.74 Å². The van der Waals surface area contributed by atoms with E-state index in [-0.39, 0.29) is 0 Å². The highest BCUT2D eigenvalue weighted by Gasteiger charge is 2.19. The molecule has 72 valence electrons. The second-order valence-corrected chi connectivity index (χ2v) is 4.79. The Balaban J connectivity index is 2.45. The summed E-state index contributed by atoms with van der Waals surface area (Å²) in [6.45, 7) is 5.50. The van der Waals surface area contributed by atoms with Crippen molar-refractivity contribution in [3.05, 3.63) is 21.6 Å². The van der Waals surface area contributed by atoms with E-state index < -0.39 is 0 Å². The van der Waals surface area contributed by atoms with Crippen molar-refractivity contribution in [1.82, 2.24) is 0 Å². The molecule has 13 heavy (non-hydrogen) atoms. The van der Waals surface area contributed by atoms with Gasteiger partial charge in [-0.25, -0.2) is 4.99 Å². The van der Waals surface area contributed by atoms with E-state index in [2.05, 4.69) is 34.3 Å². The van der Waals surface area contributed by atoms with Crippen LogP contribution in [-0.2, 0) is 4.74 Å².